The third-order valence-corrected chi connectivity index (χ3v) is 4.91. The van der Waals surface area contributed by atoms with Crippen LogP contribution >= 0.6 is 23.2 Å². The molecule has 0 saturated heterocycles. The normalized spacial score (nSPS) is 10.6. The highest BCUT2D eigenvalue weighted by Crippen LogP contribution is 2.26. The van der Waals surface area contributed by atoms with Crippen molar-refractivity contribution in [1.82, 2.24) is 9.99 Å². The summed E-state index contributed by atoms with van der Waals surface area (Å²) < 4.78 is 1.26. The van der Waals surface area contributed by atoms with Crippen LogP contribution < -0.4 is 16.1 Å². The van der Waals surface area contributed by atoms with E-state index < -0.39 is 17.7 Å². The van der Waals surface area contributed by atoms with Crippen molar-refractivity contribution >= 4 is 57.5 Å². The minimum atomic E-state index is -0.896. The van der Waals surface area contributed by atoms with Gasteiger partial charge < -0.3 is 10.6 Å². The van der Waals surface area contributed by atoms with Crippen LogP contribution in [-0.2, 0) is 9.59 Å². The fourth-order valence-electron chi connectivity index (χ4n) is 2.80. The number of halogens is 2. The maximum atomic E-state index is 13.0. The van der Waals surface area contributed by atoms with Gasteiger partial charge in [-0.15, -0.1) is 0 Å². The zero-order valence-corrected chi connectivity index (χ0v) is 17.2. The number of likely N-dealkylation sites (N-methyl/N-ethyl adjacent to an activating group) is 1. The van der Waals surface area contributed by atoms with Crippen molar-refractivity contribution in [3.8, 4) is 0 Å². The van der Waals surface area contributed by atoms with Gasteiger partial charge in [0.05, 0.1) is 5.52 Å². The van der Waals surface area contributed by atoms with E-state index in [4.69, 9.17) is 23.2 Å². The van der Waals surface area contributed by atoms with Crippen LogP contribution in [0.15, 0.2) is 42.5 Å². The summed E-state index contributed by atoms with van der Waals surface area (Å²) in [5, 5.41) is 6.81. The first-order valence-corrected chi connectivity index (χ1v) is 9.54. The van der Waals surface area contributed by atoms with Gasteiger partial charge in [-0.25, -0.2) is 4.68 Å². The van der Waals surface area contributed by atoms with Crippen molar-refractivity contribution in [1.29, 1.82) is 0 Å². The summed E-state index contributed by atoms with van der Waals surface area (Å²) in [6.07, 6.45) is 0. The van der Waals surface area contributed by atoms with Crippen LogP contribution in [-0.4, -0.2) is 28.9 Å². The van der Waals surface area contributed by atoms with Gasteiger partial charge in [-0.05, 0) is 55.8 Å². The second-order valence-electron chi connectivity index (χ2n) is 6.24. The molecule has 0 fully saturated rings. The summed E-state index contributed by atoms with van der Waals surface area (Å²) in [6, 6.07) is 11.7. The van der Waals surface area contributed by atoms with E-state index in [-0.39, 0.29) is 5.69 Å². The van der Waals surface area contributed by atoms with Gasteiger partial charge in [0.25, 0.3) is 5.91 Å². The Labute approximate surface area is 176 Å². The van der Waals surface area contributed by atoms with Gasteiger partial charge in [-0.3, -0.25) is 19.8 Å². The lowest BCUT2D eigenvalue weighted by molar-refractivity contribution is -0.136. The molecule has 0 aliphatic carbocycles. The monoisotopic (exact) mass is 432 g/mol. The first-order chi connectivity index (χ1) is 13.8. The molecule has 29 heavy (non-hydrogen) atoms. The fourth-order valence-corrected chi connectivity index (χ4v) is 3.15. The fraction of sp³-hybridized carbons (Fsp3) is 0.150. The number of carbonyl (C=O) groups excluding carboxylic acids is 3. The summed E-state index contributed by atoms with van der Waals surface area (Å²) in [6.45, 7) is 3.78. The van der Waals surface area contributed by atoms with E-state index in [0.29, 0.717) is 38.7 Å². The molecule has 3 amide bonds. The Hall–Kier alpha value is -3.03. The summed E-state index contributed by atoms with van der Waals surface area (Å²) in [5.74, 6) is -2.19. The van der Waals surface area contributed by atoms with Gasteiger partial charge in [-0.1, -0.05) is 29.3 Å². The van der Waals surface area contributed by atoms with Gasteiger partial charge in [0.15, 0.2) is 0 Å². The van der Waals surface area contributed by atoms with Crippen molar-refractivity contribution in [2.45, 2.75) is 13.8 Å². The van der Waals surface area contributed by atoms with Gasteiger partial charge in [-0.2, -0.15) is 0 Å². The van der Waals surface area contributed by atoms with Gasteiger partial charge in [0, 0.05) is 27.7 Å². The molecule has 150 valence electrons. The molecule has 0 atom stereocenters. The van der Waals surface area contributed by atoms with Gasteiger partial charge in [0.1, 0.15) is 5.69 Å². The number of amides is 3. The molecule has 3 aromatic rings. The molecule has 1 aromatic heterocycles. The smallest absolute Gasteiger partial charge is 0.328 e. The molecule has 0 aliphatic heterocycles. The highest BCUT2D eigenvalue weighted by atomic mass is 35.5. The quantitative estimate of drug-likeness (QED) is 0.548. The van der Waals surface area contributed by atoms with E-state index in [2.05, 4.69) is 16.1 Å². The molecule has 9 heteroatoms. The molecule has 0 spiro atoms. The minimum absolute atomic E-state index is 0.124. The Bertz CT molecular complexity index is 1120. The molecule has 0 bridgehead atoms. The lowest BCUT2D eigenvalue weighted by Crippen LogP contribution is -2.39. The predicted octanol–water partition coefficient (Wildman–Crippen LogP) is 3.72. The zero-order valence-electron chi connectivity index (χ0n) is 15.7. The number of anilines is 1. The van der Waals surface area contributed by atoms with E-state index >= 15 is 0 Å². The second kappa shape index (κ2) is 8.55. The summed E-state index contributed by atoms with van der Waals surface area (Å²) in [7, 11) is 0. The predicted molar refractivity (Wildman–Crippen MR) is 114 cm³/mol. The number of benzene rings is 2. The Kier molecular flexibility index (Phi) is 6.10. The maximum Gasteiger partial charge on any atom is 0.328 e. The zero-order chi connectivity index (χ0) is 21.1. The lowest BCUT2D eigenvalue weighted by atomic mass is 10.2. The molecule has 3 rings (SSSR count). The number of carbonyl (C=O) groups is 3. The van der Waals surface area contributed by atoms with Crippen LogP contribution in [0.5, 0.6) is 0 Å². The van der Waals surface area contributed by atoms with Crippen molar-refractivity contribution in [3.63, 3.8) is 0 Å². The van der Waals surface area contributed by atoms with Crippen molar-refractivity contribution in [2.75, 3.05) is 17.3 Å². The van der Waals surface area contributed by atoms with Crippen LogP contribution in [0, 0.1) is 6.92 Å². The molecule has 0 saturated carbocycles. The van der Waals surface area contributed by atoms with Crippen molar-refractivity contribution < 1.29 is 14.4 Å². The highest BCUT2D eigenvalue weighted by molar-refractivity contribution is 6.38. The number of hydrogen-bond acceptors (Lipinski definition) is 3. The third-order valence-electron chi connectivity index (χ3n) is 4.27. The third kappa shape index (κ3) is 4.36. The molecule has 3 N–H and O–H groups in total. The van der Waals surface area contributed by atoms with Crippen LogP contribution in [0.3, 0.4) is 0 Å². The first-order valence-electron chi connectivity index (χ1n) is 8.78. The van der Waals surface area contributed by atoms with Gasteiger partial charge in [0.2, 0.25) is 0 Å². The Morgan fingerprint density at radius 1 is 1.03 bits per heavy atom. The van der Waals surface area contributed by atoms with E-state index in [1.165, 1.54) is 4.68 Å². The number of hydrogen-bond donors (Lipinski definition) is 3. The van der Waals surface area contributed by atoms with Gasteiger partial charge >= 0.3 is 11.8 Å². The molecule has 0 radical (unpaired) electrons. The highest BCUT2D eigenvalue weighted by Gasteiger charge is 2.21. The Morgan fingerprint density at radius 3 is 2.52 bits per heavy atom. The largest absolute Gasteiger partial charge is 0.348 e. The SMILES string of the molecule is CCNC(=O)C(=O)Nn1c(C(=O)Nc2cccc(Cl)c2C)cc2cc(Cl)ccc21. The summed E-state index contributed by atoms with van der Waals surface area (Å²) in [4.78, 5) is 37.0. The molecule has 0 aliphatic rings. The molecule has 0 unspecified atom stereocenters. The van der Waals surface area contributed by atoms with Crippen LogP contribution in [0.25, 0.3) is 10.9 Å². The molecule has 1 heterocycles. The summed E-state index contributed by atoms with van der Waals surface area (Å²) in [5.41, 5.74) is 4.35. The second-order valence-corrected chi connectivity index (χ2v) is 7.08. The van der Waals surface area contributed by atoms with E-state index in [1.54, 1.807) is 56.3 Å². The average molecular weight is 433 g/mol. The van der Waals surface area contributed by atoms with Crippen molar-refractivity contribution in [2.24, 2.45) is 0 Å². The van der Waals surface area contributed by atoms with Crippen LogP contribution in [0.4, 0.5) is 5.69 Å². The van der Waals surface area contributed by atoms with Crippen molar-refractivity contribution in [3.05, 3.63) is 63.8 Å². The number of rotatable bonds is 4. The summed E-state index contributed by atoms with van der Waals surface area (Å²) >= 11 is 12.2. The average Bonchev–Trinajstić information content (AvgIpc) is 3.03. The Balaban J connectivity index is 2.01. The number of nitrogens with one attached hydrogen (secondary N) is 3. The van der Waals surface area contributed by atoms with E-state index in [0.717, 1.165) is 0 Å². The minimum Gasteiger partial charge on any atom is -0.348 e. The molecular weight excluding hydrogens is 415 g/mol. The number of nitrogens with zero attached hydrogens (tertiary/aromatic N) is 1. The molecule has 7 nitrogen and oxygen atoms in total. The molecule has 2 aromatic carbocycles. The lowest BCUT2D eigenvalue weighted by Gasteiger charge is -2.13. The number of fused-ring (bicyclic) bond motifs is 1. The topological polar surface area (TPSA) is 92.2 Å². The van der Waals surface area contributed by atoms with Crippen LogP contribution in [0.2, 0.25) is 10.0 Å². The van der Waals surface area contributed by atoms with E-state index in [9.17, 15) is 14.4 Å². The maximum absolute atomic E-state index is 13.0. The number of aromatic nitrogens is 1. The van der Waals surface area contributed by atoms with Crippen LogP contribution in [0.1, 0.15) is 23.0 Å². The van der Waals surface area contributed by atoms with E-state index in [1.807, 2.05) is 0 Å². The molecular formula is C20H18Cl2N4O3. The Morgan fingerprint density at radius 2 is 1.79 bits per heavy atom. The first kappa shape index (κ1) is 20.7. The standard InChI is InChI=1S/C20H18Cl2N4O3/c1-3-23-19(28)20(29)25-26-16-8-7-13(21)9-12(16)10-17(26)18(27)24-15-6-4-5-14(22)11(15)2/h4-10H,3H2,1-2H3,(H,23,28)(H,24,27)(H,25,29).